The first-order valence-corrected chi connectivity index (χ1v) is 20.9. The van der Waals surface area contributed by atoms with Gasteiger partial charge in [0.25, 0.3) is 0 Å². The molecular formula is C48H72KN5O5. The number of hydrogen-bond acceptors (Lipinski definition) is 7. The van der Waals surface area contributed by atoms with E-state index in [4.69, 9.17) is 10.5 Å². The summed E-state index contributed by atoms with van der Waals surface area (Å²) in [5.74, 6) is -0.512. The van der Waals surface area contributed by atoms with Crippen LogP contribution in [0.1, 0.15) is 122 Å². The van der Waals surface area contributed by atoms with Crippen LogP contribution in [0.25, 0.3) is 0 Å². The number of ketones is 1. The van der Waals surface area contributed by atoms with Gasteiger partial charge in [0, 0.05) is 6.04 Å². The van der Waals surface area contributed by atoms with Gasteiger partial charge in [-0.2, -0.15) is 6.41 Å². The molecule has 0 radical (unpaired) electrons. The molecule has 1 fully saturated rings. The number of nitrogens with two attached hydrogens (primary N) is 1. The number of amidine groups is 1. The van der Waals surface area contributed by atoms with Crippen molar-refractivity contribution in [3.8, 4) is 0 Å². The number of aryl methyl sites for hydroxylation is 1. The Morgan fingerprint density at radius 2 is 1.37 bits per heavy atom. The third-order valence-corrected chi connectivity index (χ3v) is 8.59. The van der Waals surface area contributed by atoms with Crippen molar-refractivity contribution < 1.29 is 75.3 Å². The molecule has 4 rings (SSSR count). The Morgan fingerprint density at radius 3 is 1.83 bits per heavy atom. The quantitative estimate of drug-likeness (QED) is 0.0166. The fourth-order valence-corrected chi connectivity index (χ4v) is 5.21. The number of nitrogens with one attached hydrogen (secondary N) is 3. The number of unbranched alkanes of at least 4 members (excludes halogenated alkanes) is 3. The van der Waals surface area contributed by atoms with Crippen LogP contribution in [-0.4, -0.2) is 55.6 Å². The molecule has 11 heteroatoms. The Kier molecular flexibility index (Phi) is 39.1. The molecule has 0 spiro atoms. The van der Waals surface area contributed by atoms with Crippen molar-refractivity contribution in [3.63, 3.8) is 0 Å². The summed E-state index contributed by atoms with van der Waals surface area (Å²) >= 11 is 0. The molecule has 59 heavy (non-hydrogen) atoms. The van der Waals surface area contributed by atoms with Crippen LogP contribution in [0.3, 0.4) is 0 Å². The Balaban J connectivity index is 0. The molecule has 3 aromatic carbocycles. The van der Waals surface area contributed by atoms with E-state index in [1.54, 1.807) is 20.4 Å². The zero-order chi connectivity index (χ0) is 43.2. The first kappa shape index (κ1) is 57.6. The van der Waals surface area contributed by atoms with Crippen LogP contribution >= 0.6 is 0 Å². The second-order valence-corrected chi connectivity index (χ2v) is 13.7. The Bertz CT molecular complexity index is 1550. The normalized spacial score (nSPS) is 12.1. The largest absolute Gasteiger partial charge is 1.00 e. The van der Waals surface area contributed by atoms with Crippen molar-refractivity contribution in [2.24, 2.45) is 10.7 Å². The topological polar surface area (TPSA) is 152 Å². The summed E-state index contributed by atoms with van der Waals surface area (Å²) in [7, 11) is 1.62. The number of esters is 1. The van der Waals surface area contributed by atoms with Gasteiger partial charge in [-0.05, 0) is 76.1 Å². The summed E-state index contributed by atoms with van der Waals surface area (Å²) < 4.78 is 5.09. The molecule has 2 atom stereocenters. The second kappa shape index (κ2) is 40.0. The molecule has 2 unspecified atom stereocenters. The number of aliphatic imine (C=N–C) groups is 1. The van der Waals surface area contributed by atoms with E-state index in [9.17, 15) is 19.2 Å². The van der Waals surface area contributed by atoms with Gasteiger partial charge < -0.3 is 31.2 Å². The summed E-state index contributed by atoms with van der Waals surface area (Å²) in [4.78, 5) is 49.0. The van der Waals surface area contributed by atoms with Crippen molar-refractivity contribution in [2.75, 3.05) is 13.6 Å². The fraction of sp³-hybridized carbons (Fsp3) is 0.479. The predicted octanol–water partition coefficient (Wildman–Crippen LogP) is 5.74. The molecule has 1 saturated carbocycles. The number of rotatable bonds is 20. The van der Waals surface area contributed by atoms with E-state index in [1.165, 1.54) is 81.4 Å². The van der Waals surface area contributed by atoms with E-state index in [0.717, 1.165) is 12.0 Å². The maximum atomic E-state index is 11.7. The number of Topliss-reactive ketones (excluding diaryl/α,β-unsaturated/α-hetero) is 1. The Hall–Kier alpha value is -3.45. The van der Waals surface area contributed by atoms with Gasteiger partial charge in [-0.1, -0.05) is 156 Å². The summed E-state index contributed by atoms with van der Waals surface area (Å²) in [6.07, 6.45) is 16.2. The Morgan fingerprint density at radius 1 is 0.831 bits per heavy atom. The number of benzene rings is 3. The minimum absolute atomic E-state index is 0. The average molecular weight is 838 g/mol. The molecule has 0 heterocycles. The van der Waals surface area contributed by atoms with Crippen molar-refractivity contribution in [3.05, 3.63) is 119 Å². The minimum atomic E-state index is -0.853. The van der Waals surface area contributed by atoms with Gasteiger partial charge in [0.1, 0.15) is 6.61 Å². The molecular weight excluding hydrogens is 766 g/mol. The van der Waals surface area contributed by atoms with Crippen molar-refractivity contribution >= 4 is 29.9 Å². The summed E-state index contributed by atoms with van der Waals surface area (Å²) in [6, 6.07) is 29.3. The minimum Gasteiger partial charge on any atom is -0.524 e. The summed E-state index contributed by atoms with van der Waals surface area (Å²) in [6.45, 7) is 12.5. The number of ether oxygens (including phenoxy) is 1. The standard InChI is InChI=1S/C15H20N2O4.C12H20NO.C10H14.C9H12N2.C2H6.K/c1-11(18)13(17-14(19)9-16-2)8-15(20)21-10-12-6-4-3-5-7-12;1-2-3-4-8-12(13-10-14)9-11-6-5-7-11;1-2-3-7-10-8-5-4-6-9-10;1-8(10)11-7-9-5-3-2-4-6-9;1-2;/h3-7,13,16H,8-10H2,1-2H3,(H,17,19);9,12H,2-8H2,1H3,(H,13,14);4-6,8-9H,2-3,7H2,1H3;2-6H,7H2,1H3,(H2,10,11);1-2H3;/q;-1;;;;+1. The molecule has 0 bridgehead atoms. The van der Waals surface area contributed by atoms with Gasteiger partial charge in [-0.3, -0.25) is 19.4 Å². The van der Waals surface area contributed by atoms with Gasteiger partial charge >= 0.3 is 57.4 Å². The second-order valence-electron chi connectivity index (χ2n) is 13.7. The summed E-state index contributed by atoms with van der Waals surface area (Å²) in [5, 5.41) is 7.93. The number of carbonyl (C=O) groups excluding carboxylic acids is 4. The molecule has 1 aliphatic carbocycles. The molecule has 2 amide bonds. The van der Waals surface area contributed by atoms with E-state index >= 15 is 0 Å². The third-order valence-electron chi connectivity index (χ3n) is 8.59. The molecule has 0 aliphatic heterocycles. The van der Waals surface area contributed by atoms with E-state index in [-0.39, 0.29) is 88.7 Å². The van der Waals surface area contributed by atoms with Crippen LogP contribution < -0.4 is 73.1 Å². The molecule has 0 saturated heterocycles. The number of nitrogens with zero attached hydrogens (tertiary/aromatic N) is 1. The molecule has 320 valence electrons. The van der Waals surface area contributed by atoms with Crippen LogP contribution in [0.15, 0.2) is 108 Å². The number of hydrogen-bond donors (Lipinski definition) is 4. The molecule has 1 aliphatic rings. The molecule has 3 aromatic rings. The van der Waals surface area contributed by atoms with E-state index in [0.29, 0.717) is 12.4 Å². The molecule has 10 nitrogen and oxygen atoms in total. The van der Waals surface area contributed by atoms with E-state index in [1.807, 2.05) is 74.5 Å². The SMILES string of the molecule is CC.CC(N)=NCc1ccccc1.CCCCCC(C=C1CCC1)N[C-]=O.CCCCc1ccccc1.CNCC(=O)NC(CC(=O)OCc1ccccc1)C(C)=O.[K+]. The molecule has 5 N–H and O–H groups in total. The first-order chi connectivity index (χ1) is 28.1. The monoisotopic (exact) mass is 838 g/mol. The van der Waals surface area contributed by atoms with Gasteiger partial charge in [-0.15, -0.1) is 0 Å². The first-order valence-electron chi connectivity index (χ1n) is 20.9. The number of likely N-dealkylation sites (N-methyl/N-ethyl adjacent to an activating group) is 1. The molecule has 0 aromatic heterocycles. The predicted molar refractivity (Wildman–Crippen MR) is 240 cm³/mol. The van der Waals surface area contributed by atoms with Crippen LogP contribution in [-0.2, 0) is 43.5 Å². The van der Waals surface area contributed by atoms with Crippen molar-refractivity contribution in [1.29, 1.82) is 0 Å². The van der Waals surface area contributed by atoms with Crippen molar-refractivity contribution in [2.45, 2.75) is 137 Å². The zero-order valence-corrected chi connectivity index (χ0v) is 40.5. The smallest absolute Gasteiger partial charge is 0.524 e. The average Bonchev–Trinajstić information content (AvgIpc) is 3.22. The fourth-order valence-electron chi connectivity index (χ4n) is 5.21. The van der Waals surface area contributed by atoms with E-state index in [2.05, 4.69) is 71.2 Å². The van der Waals surface area contributed by atoms with Crippen LogP contribution in [0, 0.1) is 0 Å². The maximum absolute atomic E-state index is 11.7. The van der Waals surface area contributed by atoms with Gasteiger partial charge in [-0.25, -0.2) is 0 Å². The van der Waals surface area contributed by atoms with Crippen LogP contribution in [0.2, 0.25) is 0 Å². The van der Waals surface area contributed by atoms with Gasteiger partial charge in [0.15, 0.2) is 5.78 Å². The van der Waals surface area contributed by atoms with E-state index < -0.39 is 12.0 Å². The maximum Gasteiger partial charge on any atom is 1.00 e. The van der Waals surface area contributed by atoms with Crippen LogP contribution in [0.4, 0.5) is 0 Å². The van der Waals surface area contributed by atoms with Gasteiger partial charge in [0.2, 0.25) is 5.91 Å². The number of amides is 2. The number of allylic oxidation sites excluding steroid dienone is 1. The zero-order valence-electron chi connectivity index (χ0n) is 37.4. The summed E-state index contributed by atoms with van der Waals surface area (Å²) in [5.41, 5.74) is 10.4. The Labute approximate surface area is 398 Å². The number of carbonyl (C=O) groups is 3. The third kappa shape index (κ3) is 33.0. The van der Waals surface area contributed by atoms with Gasteiger partial charge in [0.05, 0.1) is 31.4 Å². The van der Waals surface area contributed by atoms with Crippen LogP contribution in [0.5, 0.6) is 0 Å². The van der Waals surface area contributed by atoms with Crippen molar-refractivity contribution in [1.82, 2.24) is 16.0 Å².